The molecule has 1 aliphatic rings. The van der Waals surface area contributed by atoms with E-state index >= 15 is 0 Å². The maximum absolute atomic E-state index is 12.8. The molecule has 2 amide bonds. The number of aromatic nitrogens is 4. The van der Waals surface area contributed by atoms with Gasteiger partial charge in [-0.2, -0.15) is 0 Å². The molecule has 1 saturated heterocycles. The quantitative estimate of drug-likeness (QED) is 0.606. The maximum Gasteiger partial charge on any atom is 0.252 e. The molecular weight excluding hydrogens is 336 g/mol. The highest BCUT2D eigenvalue weighted by molar-refractivity contribution is 6.07. The van der Waals surface area contributed by atoms with E-state index in [1.54, 1.807) is 19.1 Å². The van der Waals surface area contributed by atoms with Crippen LogP contribution in [-0.4, -0.2) is 47.8 Å². The number of aromatic hydroxyl groups is 1. The Hall–Kier alpha value is -3.49. The lowest BCUT2D eigenvalue weighted by molar-refractivity contribution is -0.141. The number of phenolic OH excluding ortho intramolecular Hbond substituents is 1. The third-order valence-corrected chi connectivity index (χ3v) is 4.48. The molecule has 3 heterocycles. The minimum atomic E-state index is -0.705. The molecule has 2 unspecified atom stereocenters. The van der Waals surface area contributed by atoms with Crippen LogP contribution < -0.4 is 5.32 Å². The second-order valence-corrected chi connectivity index (χ2v) is 6.09. The fraction of sp³-hybridized carbons (Fsp3) is 0.235. The van der Waals surface area contributed by atoms with Gasteiger partial charge in [0.05, 0.1) is 18.8 Å². The molecule has 9 nitrogen and oxygen atoms in total. The van der Waals surface area contributed by atoms with Crippen LogP contribution in [0.5, 0.6) is 5.75 Å². The van der Waals surface area contributed by atoms with Gasteiger partial charge in [0.2, 0.25) is 5.91 Å². The van der Waals surface area contributed by atoms with Crippen molar-refractivity contribution in [3.05, 3.63) is 42.5 Å². The van der Waals surface area contributed by atoms with Gasteiger partial charge in [-0.25, -0.2) is 15.0 Å². The highest BCUT2D eigenvalue weighted by Crippen LogP contribution is 2.29. The summed E-state index contributed by atoms with van der Waals surface area (Å²) in [5.41, 5.74) is 1.83. The lowest BCUT2D eigenvalue weighted by Crippen LogP contribution is -2.36. The number of anilines is 1. The number of benzene rings is 1. The van der Waals surface area contributed by atoms with Crippen LogP contribution in [0, 0.1) is 0 Å². The zero-order valence-electron chi connectivity index (χ0n) is 13.9. The molecule has 1 aromatic carbocycles. The molecule has 2 aromatic heterocycles. The van der Waals surface area contributed by atoms with Crippen molar-refractivity contribution >= 4 is 28.8 Å². The van der Waals surface area contributed by atoms with Gasteiger partial charge < -0.3 is 15.4 Å². The van der Waals surface area contributed by atoms with Crippen LogP contribution in [0.25, 0.3) is 11.2 Å². The summed E-state index contributed by atoms with van der Waals surface area (Å²) in [6.07, 6.45) is 2.88. The minimum absolute atomic E-state index is 0.0425. The second kappa shape index (κ2) is 6.10. The molecule has 9 heteroatoms. The van der Waals surface area contributed by atoms with E-state index < -0.39 is 12.1 Å². The third kappa shape index (κ3) is 2.63. The van der Waals surface area contributed by atoms with Crippen molar-refractivity contribution in [2.45, 2.75) is 25.4 Å². The van der Waals surface area contributed by atoms with E-state index in [4.69, 9.17) is 0 Å². The van der Waals surface area contributed by atoms with E-state index in [1.165, 1.54) is 29.7 Å². The first kappa shape index (κ1) is 16.0. The Kier molecular flexibility index (Phi) is 3.76. The number of aromatic amines is 1. The van der Waals surface area contributed by atoms with Gasteiger partial charge in [-0.15, -0.1) is 0 Å². The largest absolute Gasteiger partial charge is 0.508 e. The molecular formula is C17H16N6O3. The highest BCUT2D eigenvalue weighted by atomic mass is 16.3. The third-order valence-electron chi connectivity index (χ3n) is 4.48. The lowest BCUT2D eigenvalue weighted by Gasteiger charge is -2.23. The van der Waals surface area contributed by atoms with Crippen molar-refractivity contribution in [3.8, 4) is 5.75 Å². The number of carbonyl (C=O) groups excluding carboxylic acids is 2. The molecule has 1 fully saturated rings. The number of hydrogen-bond donors (Lipinski definition) is 3. The topological polar surface area (TPSA) is 124 Å². The number of carbonyl (C=O) groups is 2. The van der Waals surface area contributed by atoms with E-state index in [1.807, 2.05) is 0 Å². The molecule has 0 radical (unpaired) electrons. The van der Waals surface area contributed by atoms with Crippen LogP contribution >= 0.6 is 0 Å². The normalized spacial score (nSPS) is 18.5. The van der Waals surface area contributed by atoms with E-state index in [9.17, 15) is 14.7 Å². The number of phenols is 1. The molecule has 132 valence electrons. The van der Waals surface area contributed by atoms with E-state index in [-0.39, 0.29) is 24.0 Å². The molecule has 0 saturated carbocycles. The minimum Gasteiger partial charge on any atom is -0.508 e. The van der Waals surface area contributed by atoms with Crippen molar-refractivity contribution in [2.24, 2.45) is 0 Å². The summed E-state index contributed by atoms with van der Waals surface area (Å²) in [4.78, 5) is 41.6. The monoisotopic (exact) mass is 352 g/mol. The van der Waals surface area contributed by atoms with Crippen LogP contribution in [0.15, 0.2) is 36.9 Å². The first-order chi connectivity index (χ1) is 12.5. The molecule has 2 atom stereocenters. The Bertz CT molecular complexity index is 984. The first-order valence-corrected chi connectivity index (χ1v) is 8.10. The van der Waals surface area contributed by atoms with Gasteiger partial charge in [0.1, 0.15) is 23.6 Å². The Morgan fingerprint density at radius 3 is 2.77 bits per heavy atom. The predicted molar refractivity (Wildman–Crippen MR) is 92.1 cm³/mol. The molecule has 0 aliphatic carbocycles. The smallest absolute Gasteiger partial charge is 0.252 e. The number of nitrogens with one attached hydrogen (secondary N) is 2. The Balaban J connectivity index is 1.57. The number of likely N-dealkylation sites (tertiary alicyclic amines) is 1. The molecule has 0 spiro atoms. The van der Waals surface area contributed by atoms with E-state index in [0.717, 1.165) is 5.56 Å². The summed E-state index contributed by atoms with van der Waals surface area (Å²) in [6.45, 7) is 1.78. The summed E-state index contributed by atoms with van der Waals surface area (Å²) in [7, 11) is 0. The number of fused-ring (bicyclic) bond motifs is 1. The van der Waals surface area contributed by atoms with Crippen LogP contribution in [-0.2, 0) is 9.59 Å². The highest BCUT2D eigenvalue weighted by Gasteiger charge is 2.41. The van der Waals surface area contributed by atoms with Gasteiger partial charge in [-0.1, -0.05) is 12.1 Å². The maximum atomic E-state index is 12.8. The molecule has 1 aliphatic heterocycles. The van der Waals surface area contributed by atoms with E-state index in [2.05, 4.69) is 25.3 Å². The molecule has 4 rings (SSSR count). The Labute approximate surface area is 148 Å². The standard InChI is InChI=1S/C17H16N6O3/c1-9(10-2-4-11(24)5-3-10)23-13(25)6-12(17(23)26)22-16-14-15(19-7-18-14)20-8-21-16/h2-5,7-9,12,24H,6H2,1H3,(H2,18,19,20,21,22). The van der Waals surface area contributed by atoms with Crippen molar-refractivity contribution in [2.75, 3.05) is 5.32 Å². The number of hydrogen-bond acceptors (Lipinski definition) is 7. The number of H-pyrrole nitrogens is 1. The van der Waals surface area contributed by atoms with Gasteiger partial charge in [0.15, 0.2) is 11.5 Å². The molecule has 3 aromatic rings. The second-order valence-electron chi connectivity index (χ2n) is 6.09. The fourth-order valence-corrected chi connectivity index (χ4v) is 3.11. The summed E-state index contributed by atoms with van der Waals surface area (Å²) >= 11 is 0. The zero-order valence-corrected chi connectivity index (χ0v) is 13.9. The average molecular weight is 352 g/mol. The molecule has 3 N–H and O–H groups in total. The Morgan fingerprint density at radius 1 is 1.23 bits per heavy atom. The van der Waals surface area contributed by atoms with Gasteiger partial charge >= 0.3 is 0 Å². The Morgan fingerprint density at radius 2 is 2.00 bits per heavy atom. The summed E-state index contributed by atoms with van der Waals surface area (Å²) in [5, 5.41) is 12.4. The van der Waals surface area contributed by atoms with Gasteiger partial charge in [0, 0.05) is 0 Å². The number of imidazole rings is 1. The lowest BCUT2D eigenvalue weighted by atomic mass is 10.1. The van der Waals surface area contributed by atoms with Crippen LogP contribution in [0.3, 0.4) is 0 Å². The summed E-state index contributed by atoms with van der Waals surface area (Å²) in [6, 6.07) is 5.31. The summed E-state index contributed by atoms with van der Waals surface area (Å²) < 4.78 is 0. The van der Waals surface area contributed by atoms with Crippen molar-refractivity contribution in [3.63, 3.8) is 0 Å². The molecule has 0 bridgehead atoms. The number of imide groups is 1. The summed E-state index contributed by atoms with van der Waals surface area (Å²) in [5.74, 6) is -0.0190. The van der Waals surface area contributed by atoms with Crippen molar-refractivity contribution in [1.82, 2.24) is 24.8 Å². The number of nitrogens with zero attached hydrogens (tertiary/aromatic N) is 4. The van der Waals surface area contributed by atoms with E-state index in [0.29, 0.717) is 17.0 Å². The van der Waals surface area contributed by atoms with Crippen LogP contribution in [0.4, 0.5) is 5.82 Å². The average Bonchev–Trinajstić information content (AvgIpc) is 3.21. The van der Waals surface area contributed by atoms with Gasteiger partial charge in [-0.3, -0.25) is 14.5 Å². The fourth-order valence-electron chi connectivity index (χ4n) is 3.11. The van der Waals surface area contributed by atoms with Crippen LogP contribution in [0.2, 0.25) is 0 Å². The first-order valence-electron chi connectivity index (χ1n) is 8.10. The predicted octanol–water partition coefficient (Wildman–Crippen LogP) is 1.36. The van der Waals surface area contributed by atoms with Crippen molar-refractivity contribution < 1.29 is 14.7 Å². The van der Waals surface area contributed by atoms with Gasteiger partial charge in [-0.05, 0) is 24.6 Å². The SMILES string of the molecule is CC(c1ccc(O)cc1)N1C(=O)CC(Nc2ncnc3nc[nH]c23)C1=O. The molecule has 26 heavy (non-hydrogen) atoms. The number of rotatable bonds is 4. The zero-order chi connectivity index (χ0) is 18.3. The van der Waals surface area contributed by atoms with Crippen LogP contribution in [0.1, 0.15) is 24.9 Å². The number of amides is 2. The van der Waals surface area contributed by atoms with Gasteiger partial charge in [0.25, 0.3) is 5.91 Å². The van der Waals surface area contributed by atoms with Crippen molar-refractivity contribution in [1.29, 1.82) is 0 Å².